The first-order valence-corrected chi connectivity index (χ1v) is 5.72. The molecular weight excluding hydrogens is 190 g/mol. The Morgan fingerprint density at radius 1 is 1.40 bits per heavy atom. The van der Waals surface area contributed by atoms with E-state index in [9.17, 15) is 9.90 Å². The van der Waals surface area contributed by atoms with E-state index in [-0.39, 0.29) is 11.3 Å². The van der Waals surface area contributed by atoms with Crippen molar-refractivity contribution in [2.75, 3.05) is 6.54 Å². The largest absolute Gasteiger partial charge is 0.391 e. The summed E-state index contributed by atoms with van der Waals surface area (Å²) in [5, 5.41) is 12.0. The Bertz CT molecular complexity index is 196. The van der Waals surface area contributed by atoms with Gasteiger partial charge in [0.1, 0.15) is 0 Å². The highest BCUT2D eigenvalue weighted by molar-refractivity contribution is 5.76. The van der Waals surface area contributed by atoms with Crippen LogP contribution in [0.4, 0.5) is 0 Å². The van der Waals surface area contributed by atoms with Crippen LogP contribution in [0.15, 0.2) is 0 Å². The van der Waals surface area contributed by atoms with Gasteiger partial charge >= 0.3 is 0 Å². The molecule has 0 spiro atoms. The lowest BCUT2D eigenvalue weighted by atomic mass is 9.80. The minimum absolute atomic E-state index is 0.0323. The molecule has 2 N–H and O–H groups in total. The van der Waals surface area contributed by atoms with E-state index in [0.717, 1.165) is 0 Å². The van der Waals surface area contributed by atoms with Crippen molar-refractivity contribution in [3.05, 3.63) is 0 Å². The number of aliphatic hydroxyl groups is 1. The van der Waals surface area contributed by atoms with E-state index in [4.69, 9.17) is 0 Å². The average molecular weight is 215 g/mol. The van der Waals surface area contributed by atoms with Crippen molar-refractivity contribution in [2.24, 2.45) is 11.3 Å². The van der Waals surface area contributed by atoms with Crippen LogP contribution in [-0.4, -0.2) is 23.7 Å². The Morgan fingerprint density at radius 2 is 1.93 bits per heavy atom. The van der Waals surface area contributed by atoms with Gasteiger partial charge in [-0.1, -0.05) is 34.6 Å². The Labute approximate surface area is 93.3 Å². The normalized spacial score (nSPS) is 15.9. The van der Waals surface area contributed by atoms with E-state index in [1.54, 1.807) is 0 Å². The standard InChI is InChI=1S/C12H25NO2/c1-6-10(14)8-13-11(15)7-9(2)12(3,4)5/h9-10,14H,6-8H2,1-5H3,(H,13,15). The first-order chi connectivity index (χ1) is 6.77. The Hall–Kier alpha value is -0.570. The van der Waals surface area contributed by atoms with Gasteiger partial charge in [0, 0.05) is 13.0 Å². The van der Waals surface area contributed by atoms with Gasteiger partial charge in [0.15, 0.2) is 0 Å². The van der Waals surface area contributed by atoms with Crippen molar-refractivity contribution >= 4 is 5.91 Å². The Balaban J connectivity index is 3.84. The van der Waals surface area contributed by atoms with E-state index in [0.29, 0.717) is 25.3 Å². The van der Waals surface area contributed by atoms with E-state index in [2.05, 4.69) is 33.0 Å². The first kappa shape index (κ1) is 14.4. The highest BCUT2D eigenvalue weighted by Gasteiger charge is 2.22. The first-order valence-electron chi connectivity index (χ1n) is 5.72. The quantitative estimate of drug-likeness (QED) is 0.736. The van der Waals surface area contributed by atoms with Crippen LogP contribution >= 0.6 is 0 Å². The van der Waals surface area contributed by atoms with Crippen LogP contribution in [0.2, 0.25) is 0 Å². The summed E-state index contributed by atoms with van der Waals surface area (Å²) in [5.74, 6) is 0.376. The minimum atomic E-state index is -0.418. The van der Waals surface area contributed by atoms with Crippen LogP contribution < -0.4 is 5.32 Å². The smallest absolute Gasteiger partial charge is 0.220 e. The van der Waals surface area contributed by atoms with Gasteiger partial charge in [-0.05, 0) is 17.8 Å². The van der Waals surface area contributed by atoms with E-state index < -0.39 is 6.10 Å². The fourth-order valence-electron chi connectivity index (χ4n) is 1.03. The maximum Gasteiger partial charge on any atom is 0.220 e. The van der Waals surface area contributed by atoms with Crippen molar-refractivity contribution in [3.8, 4) is 0 Å². The molecule has 0 fully saturated rings. The summed E-state index contributed by atoms with van der Waals surface area (Å²) in [5.41, 5.74) is 0.153. The highest BCUT2D eigenvalue weighted by atomic mass is 16.3. The van der Waals surface area contributed by atoms with Crippen molar-refractivity contribution in [3.63, 3.8) is 0 Å². The van der Waals surface area contributed by atoms with Crippen molar-refractivity contribution in [2.45, 2.75) is 53.6 Å². The summed E-state index contributed by atoms with van der Waals surface area (Å²) in [6.07, 6.45) is 0.786. The molecule has 0 aliphatic heterocycles. The highest BCUT2D eigenvalue weighted by Crippen LogP contribution is 2.27. The summed E-state index contributed by atoms with van der Waals surface area (Å²) in [4.78, 5) is 11.5. The maximum atomic E-state index is 11.5. The van der Waals surface area contributed by atoms with Gasteiger partial charge in [-0.15, -0.1) is 0 Å². The molecule has 2 atom stereocenters. The van der Waals surface area contributed by atoms with Gasteiger partial charge in [0.25, 0.3) is 0 Å². The summed E-state index contributed by atoms with van der Waals surface area (Å²) >= 11 is 0. The fraction of sp³-hybridized carbons (Fsp3) is 0.917. The predicted molar refractivity (Wildman–Crippen MR) is 62.5 cm³/mol. The molecule has 2 unspecified atom stereocenters. The number of rotatable bonds is 5. The number of carbonyl (C=O) groups is 1. The van der Waals surface area contributed by atoms with E-state index >= 15 is 0 Å². The number of carbonyl (C=O) groups excluding carboxylic acids is 1. The van der Waals surface area contributed by atoms with Gasteiger partial charge in [-0.25, -0.2) is 0 Å². The summed E-state index contributed by atoms with van der Waals surface area (Å²) < 4.78 is 0. The zero-order valence-electron chi connectivity index (χ0n) is 10.6. The van der Waals surface area contributed by atoms with Gasteiger partial charge in [0.05, 0.1) is 6.10 Å². The van der Waals surface area contributed by atoms with Crippen LogP contribution in [0.5, 0.6) is 0 Å². The molecule has 0 radical (unpaired) electrons. The number of amides is 1. The molecule has 0 aliphatic rings. The van der Waals surface area contributed by atoms with Crippen molar-refractivity contribution in [1.29, 1.82) is 0 Å². The molecule has 0 bridgehead atoms. The molecule has 0 aromatic heterocycles. The summed E-state index contributed by atoms with van der Waals surface area (Å²) in [6.45, 7) is 10.7. The molecular formula is C12H25NO2. The zero-order chi connectivity index (χ0) is 12.1. The molecule has 0 heterocycles. The topological polar surface area (TPSA) is 49.3 Å². The SMILES string of the molecule is CCC(O)CNC(=O)CC(C)C(C)(C)C. The molecule has 0 rings (SSSR count). The second-order valence-electron chi connectivity index (χ2n) is 5.34. The monoisotopic (exact) mass is 215 g/mol. The molecule has 0 saturated carbocycles. The third-order valence-electron chi connectivity index (χ3n) is 2.98. The van der Waals surface area contributed by atoms with Gasteiger partial charge < -0.3 is 10.4 Å². The lowest BCUT2D eigenvalue weighted by molar-refractivity contribution is -0.123. The van der Waals surface area contributed by atoms with Crippen molar-refractivity contribution in [1.82, 2.24) is 5.32 Å². The lowest BCUT2D eigenvalue weighted by Gasteiger charge is -2.26. The lowest BCUT2D eigenvalue weighted by Crippen LogP contribution is -2.34. The van der Waals surface area contributed by atoms with Crippen LogP contribution in [0.1, 0.15) is 47.5 Å². The fourth-order valence-corrected chi connectivity index (χ4v) is 1.03. The van der Waals surface area contributed by atoms with Crippen LogP contribution in [-0.2, 0) is 4.79 Å². The zero-order valence-corrected chi connectivity index (χ0v) is 10.6. The Morgan fingerprint density at radius 3 is 2.33 bits per heavy atom. The third-order valence-corrected chi connectivity index (χ3v) is 2.98. The molecule has 0 aromatic carbocycles. The van der Waals surface area contributed by atoms with E-state index in [1.165, 1.54) is 0 Å². The number of hydrogen-bond acceptors (Lipinski definition) is 2. The molecule has 90 valence electrons. The van der Waals surface area contributed by atoms with Crippen LogP contribution in [0, 0.1) is 11.3 Å². The van der Waals surface area contributed by atoms with Crippen LogP contribution in [0.3, 0.4) is 0 Å². The second-order valence-corrected chi connectivity index (χ2v) is 5.34. The van der Waals surface area contributed by atoms with Gasteiger partial charge in [-0.3, -0.25) is 4.79 Å². The molecule has 0 aliphatic carbocycles. The van der Waals surface area contributed by atoms with Gasteiger partial charge in [0.2, 0.25) is 5.91 Å². The predicted octanol–water partition coefficient (Wildman–Crippen LogP) is 1.95. The van der Waals surface area contributed by atoms with Crippen molar-refractivity contribution < 1.29 is 9.90 Å². The number of nitrogens with one attached hydrogen (secondary N) is 1. The maximum absolute atomic E-state index is 11.5. The molecule has 1 amide bonds. The average Bonchev–Trinajstić information content (AvgIpc) is 2.12. The van der Waals surface area contributed by atoms with Crippen LogP contribution in [0.25, 0.3) is 0 Å². The molecule has 0 saturated heterocycles. The van der Waals surface area contributed by atoms with E-state index in [1.807, 2.05) is 6.92 Å². The molecule has 3 nitrogen and oxygen atoms in total. The molecule has 3 heteroatoms. The summed E-state index contributed by atoms with van der Waals surface area (Å²) in [6, 6.07) is 0. The summed E-state index contributed by atoms with van der Waals surface area (Å²) in [7, 11) is 0. The number of aliphatic hydroxyl groups excluding tert-OH is 1. The third kappa shape index (κ3) is 6.50. The van der Waals surface area contributed by atoms with Gasteiger partial charge in [-0.2, -0.15) is 0 Å². The molecule has 0 aromatic rings. The second kappa shape index (κ2) is 6.11. The molecule has 15 heavy (non-hydrogen) atoms. The Kier molecular flexibility index (Phi) is 5.88. The number of hydrogen-bond donors (Lipinski definition) is 2. The minimum Gasteiger partial charge on any atom is -0.391 e.